The molecule has 53 heavy (non-hydrogen) atoms. The number of nitrogens with zero attached hydrogens (tertiary/aromatic N) is 4. The Balaban J connectivity index is 1.24. The van der Waals surface area contributed by atoms with Crippen molar-refractivity contribution in [1.29, 1.82) is 0 Å². The minimum absolute atomic E-state index is 0.270. The van der Waals surface area contributed by atoms with Crippen molar-refractivity contribution in [2.45, 2.75) is 19.3 Å². The highest BCUT2D eigenvalue weighted by atomic mass is 15.0. The molecule has 0 fully saturated rings. The fourth-order valence-corrected chi connectivity index (χ4v) is 8.87. The Bertz CT molecular complexity index is 3080. The molecule has 0 saturated carbocycles. The number of rotatable bonds is 4. The van der Waals surface area contributed by atoms with Gasteiger partial charge in [0.05, 0.1) is 33.5 Å². The van der Waals surface area contributed by atoms with E-state index in [1.54, 1.807) is 0 Å². The molecule has 1 aliphatic rings. The van der Waals surface area contributed by atoms with E-state index in [0.29, 0.717) is 0 Å². The number of hydrogen-bond donors (Lipinski definition) is 0. The molecule has 3 aromatic heterocycles. The van der Waals surface area contributed by atoms with Gasteiger partial charge in [0.1, 0.15) is 0 Å². The third-order valence-corrected chi connectivity index (χ3v) is 11.3. The molecule has 7 aromatic carbocycles. The molecule has 0 radical (unpaired) electrons. The number of aromatic nitrogens is 4. The third-order valence-electron chi connectivity index (χ3n) is 11.3. The zero-order chi connectivity index (χ0) is 35.3. The zero-order valence-electron chi connectivity index (χ0n) is 29.5. The Hall–Kier alpha value is -6.78. The van der Waals surface area contributed by atoms with Gasteiger partial charge in [0, 0.05) is 55.0 Å². The van der Waals surface area contributed by atoms with Crippen LogP contribution >= 0.6 is 0 Å². The fraction of sp³-hybridized carbons (Fsp3) is 0.0612. The highest BCUT2D eigenvalue weighted by Gasteiger charge is 2.39. The first-order valence-corrected chi connectivity index (χ1v) is 18.3. The van der Waals surface area contributed by atoms with Gasteiger partial charge < -0.3 is 9.13 Å². The molecule has 0 unspecified atom stereocenters. The van der Waals surface area contributed by atoms with Crippen LogP contribution in [0.15, 0.2) is 170 Å². The second kappa shape index (κ2) is 11.1. The summed E-state index contributed by atoms with van der Waals surface area (Å²) in [5.41, 5.74) is 14.4. The predicted octanol–water partition coefficient (Wildman–Crippen LogP) is 12.3. The topological polar surface area (TPSA) is 35.6 Å². The molecule has 10 aromatic rings. The third kappa shape index (κ3) is 4.24. The van der Waals surface area contributed by atoms with Crippen molar-refractivity contribution in [3.05, 3.63) is 181 Å². The van der Waals surface area contributed by atoms with Crippen LogP contribution < -0.4 is 0 Å². The molecule has 0 atom stereocenters. The standard InChI is InChI=1S/C49H34N4/c1-49(2)40-25-12-9-24-39(40)43-44(50-48(51-47(43)49)31-16-5-3-6-17-31)32-18-15-21-34(30-32)53-42-27-14-11-23-36(42)38-29-28-37-35-22-10-13-26-41(35)52(45(37)46(38)53)33-19-7-4-8-20-33/h3-30H,1-2H3. The van der Waals surface area contributed by atoms with Crippen molar-refractivity contribution in [2.24, 2.45) is 0 Å². The molecule has 4 nitrogen and oxygen atoms in total. The summed E-state index contributed by atoms with van der Waals surface area (Å²) in [6.45, 7) is 4.57. The van der Waals surface area contributed by atoms with Crippen molar-refractivity contribution in [3.63, 3.8) is 0 Å². The highest BCUT2D eigenvalue weighted by molar-refractivity contribution is 6.23. The molecule has 11 rings (SSSR count). The summed E-state index contributed by atoms with van der Waals surface area (Å²) in [6, 6.07) is 61.0. The summed E-state index contributed by atoms with van der Waals surface area (Å²) >= 11 is 0. The maximum atomic E-state index is 5.40. The minimum atomic E-state index is -0.270. The minimum Gasteiger partial charge on any atom is -0.307 e. The van der Waals surface area contributed by atoms with E-state index in [-0.39, 0.29) is 5.41 Å². The van der Waals surface area contributed by atoms with E-state index in [1.807, 2.05) is 6.07 Å². The van der Waals surface area contributed by atoms with E-state index >= 15 is 0 Å². The molecule has 0 N–H and O–H groups in total. The predicted molar refractivity (Wildman–Crippen MR) is 219 cm³/mol. The maximum Gasteiger partial charge on any atom is 0.160 e. The second-order valence-corrected chi connectivity index (χ2v) is 14.6. The Morgan fingerprint density at radius 2 is 1.00 bits per heavy atom. The van der Waals surface area contributed by atoms with Crippen LogP contribution in [0.1, 0.15) is 25.1 Å². The first-order valence-electron chi connectivity index (χ1n) is 18.3. The second-order valence-electron chi connectivity index (χ2n) is 14.6. The lowest BCUT2D eigenvalue weighted by atomic mass is 9.85. The van der Waals surface area contributed by atoms with Crippen LogP contribution in [-0.2, 0) is 5.41 Å². The molecular formula is C49H34N4. The van der Waals surface area contributed by atoms with E-state index in [1.165, 1.54) is 54.7 Å². The van der Waals surface area contributed by atoms with Crippen molar-refractivity contribution in [1.82, 2.24) is 19.1 Å². The lowest BCUT2D eigenvalue weighted by Gasteiger charge is -2.21. The molecule has 0 bridgehead atoms. The lowest BCUT2D eigenvalue weighted by Crippen LogP contribution is -2.17. The molecule has 3 heterocycles. The maximum absolute atomic E-state index is 5.40. The van der Waals surface area contributed by atoms with Crippen LogP contribution in [0.25, 0.3) is 88.8 Å². The van der Waals surface area contributed by atoms with Crippen molar-refractivity contribution >= 4 is 43.6 Å². The van der Waals surface area contributed by atoms with Crippen LogP contribution in [0.4, 0.5) is 0 Å². The van der Waals surface area contributed by atoms with Gasteiger partial charge in [0.25, 0.3) is 0 Å². The van der Waals surface area contributed by atoms with Gasteiger partial charge in [-0.3, -0.25) is 0 Å². The van der Waals surface area contributed by atoms with Crippen molar-refractivity contribution in [2.75, 3.05) is 0 Å². The van der Waals surface area contributed by atoms with Crippen molar-refractivity contribution in [3.8, 4) is 45.1 Å². The number of hydrogen-bond acceptors (Lipinski definition) is 2. The number of fused-ring (bicyclic) bond motifs is 10. The summed E-state index contributed by atoms with van der Waals surface area (Å²) in [7, 11) is 0. The molecule has 0 aliphatic heterocycles. The lowest BCUT2D eigenvalue weighted by molar-refractivity contribution is 0.636. The summed E-state index contributed by atoms with van der Waals surface area (Å²) in [5.74, 6) is 0.747. The van der Waals surface area contributed by atoms with Gasteiger partial charge in [-0.2, -0.15) is 0 Å². The van der Waals surface area contributed by atoms with Gasteiger partial charge in [0.15, 0.2) is 5.82 Å². The molecule has 1 aliphatic carbocycles. The van der Waals surface area contributed by atoms with E-state index in [4.69, 9.17) is 9.97 Å². The zero-order valence-corrected chi connectivity index (χ0v) is 29.5. The Labute approximate surface area is 307 Å². The molecule has 0 spiro atoms. The SMILES string of the molecule is CC1(C)c2ccccc2-c2c(-c3cccc(-n4c5ccccc5c5ccc6c7ccccc7n(-c7ccccc7)c6c54)c3)nc(-c3ccccc3)nc21. The average Bonchev–Trinajstić information content (AvgIpc) is 3.82. The van der Waals surface area contributed by atoms with Crippen molar-refractivity contribution < 1.29 is 0 Å². The van der Waals surface area contributed by atoms with E-state index in [9.17, 15) is 0 Å². The van der Waals surface area contributed by atoms with Crippen LogP contribution in [0, 0.1) is 0 Å². The number of para-hydroxylation sites is 3. The van der Waals surface area contributed by atoms with Gasteiger partial charge in [-0.25, -0.2) is 9.97 Å². The van der Waals surface area contributed by atoms with Crippen LogP contribution in [0.5, 0.6) is 0 Å². The normalized spacial score (nSPS) is 13.2. The van der Waals surface area contributed by atoms with Crippen LogP contribution in [0.3, 0.4) is 0 Å². The summed E-state index contributed by atoms with van der Waals surface area (Å²) in [6.07, 6.45) is 0. The van der Waals surface area contributed by atoms with Crippen LogP contribution in [0.2, 0.25) is 0 Å². The highest BCUT2D eigenvalue weighted by Crippen LogP contribution is 2.51. The molecule has 4 heteroatoms. The molecular weight excluding hydrogens is 645 g/mol. The first-order chi connectivity index (χ1) is 26.1. The summed E-state index contributed by atoms with van der Waals surface area (Å²) in [5, 5.41) is 4.93. The van der Waals surface area contributed by atoms with E-state index < -0.39 is 0 Å². The quantitative estimate of drug-likeness (QED) is 0.186. The van der Waals surface area contributed by atoms with Gasteiger partial charge in [0.2, 0.25) is 0 Å². The van der Waals surface area contributed by atoms with Gasteiger partial charge in [-0.15, -0.1) is 0 Å². The Morgan fingerprint density at radius 1 is 0.453 bits per heavy atom. The number of benzene rings is 7. The largest absolute Gasteiger partial charge is 0.307 e. The smallest absolute Gasteiger partial charge is 0.160 e. The Morgan fingerprint density at radius 3 is 1.70 bits per heavy atom. The van der Waals surface area contributed by atoms with Gasteiger partial charge in [-0.05, 0) is 47.5 Å². The van der Waals surface area contributed by atoms with Crippen LogP contribution in [-0.4, -0.2) is 19.1 Å². The first kappa shape index (κ1) is 29.9. The van der Waals surface area contributed by atoms with Gasteiger partial charge in [-0.1, -0.05) is 147 Å². The Kier molecular flexibility index (Phi) is 6.27. The van der Waals surface area contributed by atoms with E-state index in [0.717, 1.165) is 45.3 Å². The average molecular weight is 679 g/mol. The fourth-order valence-electron chi connectivity index (χ4n) is 8.87. The monoisotopic (exact) mass is 678 g/mol. The molecule has 0 saturated heterocycles. The van der Waals surface area contributed by atoms with E-state index in [2.05, 4.69) is 187 Å². The summed E-state index contributed by atoms with van der Waals surface area (Å²) < 4.78 is 4.90. The van der Waals surface area contributed by atoms with Gasteiger partial charge >= 0.3 is 0 Å². The molecule has 250 valence electrons. The summed E-state index contributed by atoms with van der Waals surface area (Å²) in [4.78, 5) is 10.7. The molecule has 0 amide bonds.